The summed E-state index contributed by atoms with van der Waals surface area (Å²) in [5.74, 6) is 1.20. The van der Waals surface area contributed by atoms with E-state index in [0.29, 0.717) is 23.1 Å². The lowest BCUT2D eigenvalue weighted by Gasteiger charge is -2.14. The largest absolute Gasteiger partial charge is 0.508 e. The predicted molar refractivity (Wildman–Crippen MR) is 78.3 cm³/mol. The monoisotopic (exact) mass is 293 g/mol. The van der Waals surface area contributed by atoms with Gasteiger partial charge >= 0.3 is 0 Å². The van der Waals surface area contributed by atoms with Crippen molar-refractivity contribution in [2.24, 2.45) is 5.73 Å². The third kappa shape index (κ3) is 3.35. The van der Waals surface area contributed by atoms with Crippen LogP contribution >= 0.6 is 11.6 Å². The molecule has 0 aliphatic rings. The summed E-state index contributed by atoms with van der Waals surface area (Å²) < 4.78 is 11.0. The molecule has 0 atom stereocenters. The fourth-order valence-corrected chi connectivity index (χ4v) is 2.12. The third-order valence-electron chi connectivity index (χ3n) is 2.82. The van der Waals surface area contributed by atoms with Crippen LogP contribution in [0.4, 0.5) is 0 Å². The van der Waals surface area contributed by atoms with Crippen LogP contribution in [0.2, 0.25) is 5.02 Å². The number of benzene rings is 2. The fraction of sp³-hybridized carbons (Fsp3) is 0.200. The minimum absolute atomic E-state index is 0.197. The molecule has 0 aromatic heterocycles. The van der Waals surface area contributed by atoms with E-state index in [1.165, 1.54) is 0 Å². The van der Waals surface area contributed by atoms with Crippen molar-refractivity contribution >= 4 is 11.6 Å². The van der Waals surface area contributed by atoms with E-state index in [9.17, 15) is 5.11 Å². The summed E-state index contributed by atoms with van der Waals surface area (Å²) in [6.45, 7) is 0.662. The Morgan fingerprint density at radius 2 is 2.00 bits per heavy atom. The molecule has 0 fully saturated rings. The van der Waals surface area contributed by atoms with Crippen LogP contribution in [0.3, 0.4) is 0 Å². The molecule has 2 aromatic carbocycles. The number of hydrogen-bond donors (Lipinski definition) is 2. The van der Waals surface area contributed by atoms with Crippen LogP contribution in [0.1, 0.15) is 11.1 Å². The van der Waals surface area contributed by atoms with Crippen molar-refractivity contribution in [3.63, 3.8) is 0 Å². The molecule has 0 amide bonds. The molecule has 3 N–H and O–H groups in total. The zero-order chi connectivity index (χ0) is 14.5. The Hall–Kier alpha value is -1.91. The number of hydrogen-bond acceptors (Lipinski definition) is 4. The number of ether oxygens (including phenoxy) is 2. The van der Waals surface area contributed by atoms with E-state index < -0.39 is 0 Å². The average Bonchev–Trinajstić information content (AvgIpc) is 2.45. The van der Waals surface area contributed by atoms with Crippen molar-refractivity contribution in [1.29, 1.82) is 0 Å². The quantitative estimate of drug-likeness (QED) is 0.889. The highest BCUT2D eigenvalue weighted by atomic mass is 35.5. The first-order valence-electron chi connectivity index (χ1n) is 6.11. The van der Waals surface area contributed by atoms with Crippen molar-refractivity contribution in [3.05, 3.63) is 52.5 Å². The summed E-state index contributed by atoms with van der Waals surface area (Å²) in [6.07, 6.45) is 0. The second-order valence-electron chi connectivity index (χ2n) is 4.27. The molecular formula is C15H16ClNO3. The normalized spacial score (nSPS) is 10.3. The highest BCUT2D eigenvalue weighted by molar-refractivity contribution is 6.32. The Balaban J connectivity index is 2.20. The predicted octanol–water partition coefficient (Wildman–Crippen LogP) is 3.09. The summed E-state index contributed by atoms with van der Waals surface area (Å²) in [6, 6.07) is 10.4. The van der Waals surface area contributed by atoms with Crippen LogP contribution in [0.5, 0.6) is 17.2 Å². The molecule has 0 radical (unpaired) electrons. The van der Waals surface area contributed by atoms with E-state index in [1.807, 2.05) is 6.07 Å². The van der Waals surface area contributed by atoms with Gasteiger partial charge in [-0.3, -0.25) is 0 Å². The first-order chi connectivity index (χ1) is 9.63. The number of nitrogens with two attached hydrogens (primary N) is 1. The van der Waals surface area contributed by atoms with E-state index in [1.54, 1.807) is 37.4 Å². The molecule has 4 nitrogen and oxygen atoms in total. The second-order valence-corrected chi connectivity index (χ2v) is 4.68. The summed E-state index contributed by atoms with van der Waals surface area (Å²) in [7, 11) is 1.55. The lowest BCUT2D eigenvalue weighted by atomic mass is 10.2. The minimum atomic E-state index is 0.197. The molecule has 106 valence electrons. The second kappa shape index (κ2) is 6.50. The number of halogens is 1. The zero-order valence-corrected chi connectivity index (χ0v) is 11.9. The van der Waals surface area contributed by atoms with Crippen molar-refractivity contribution in [3.8, 4) is 17.2 Å². The van der Waals surface area contributed by atoms with Gasteiger partial charge in [0.25, 0.3) is 0 Å². The Morgan fingerprint density at radius 1 is 1.20 bits per heavy atom. The summed E-state index contributed by atoms with van der Waals surface area (Å²) in [5, 5.41) is 9.86. The van der Waals surface area contributed by atoms with Gasteiger partial charge in [-0.1, -0.05) is 23.7 Å². The maximum atomic E-state index is 9.41. The summed E-state index contributed by atoms with van der Waals surface area (Å²) in [4.78, 5) is 0. The topological polar surface area (TPSA) is 64.7 Å². The third-order valence-corrected chi connectivity index (χ3v) is 3.10. The van der Waals surface area contributed by atoms with Gasteiger partial charge < -0.3 is 20.3 Å². The van der Waals surface area contributed by atoms with Crippen LogP contribution < -0.4 is 15.2 Å². The molecule has 2 aromatic rings. The van der Waals surface area contributed by atoms with E-state index in [-0.39, 0.29) is 12.4 Å². The van der Waals surface area contributed by atoms with Crippen molar-refractivity contribution in [2.75, 3.05) is 7.11 Å². The van der Waals surface area contributed by atoms with Gasteiger partial charge in [0.2, 0.25) is 0 Å². The molecule has 0 saturated carbocycles. The molecule has 20 heavy (non-hydrogen) atoms. The lowest BCUT2D eigenvalue weighted by molar-refractivity contribution is 0.284. The van der Waals surface area contributed by atoms with Crippen molar-refractivity contribution in [1.82, 2.24) is 0 Å². The van der Waals surface area contributed by atoms with E-state index in [2.05, 4.69) is 0 Å². The number of aromatic hydroxyl groups is 1. The number of phenolic OH excluding ortho intramolecular Hbond substituents is 1. The highest BCUT2D eigenvalue weighted by Gasteiger charge is 2.12. The van der Waals surface area contributed by atoms with Crippen LogP contribution in [0.25, 0.3) is 0 Å². The van der Waals surface area contributed by atoms with Crippen LogP contribution in [0.15, 0.2) is 36.4 Å². The highest BCUT2D eigenvalue weighted by Crippen LogP contribution is 2.36. The fourth-order valence-electron chi connectivity index (χ4n) is 1.83. The number of phenols is 1. The molecule has 0 heterocycles. The van der Waals surface area contributed by atoms with Gasteiger partial charge in [0.1, 0.15) is 12.4 Å². The Bertz CT molecular complexity index is 602. The van der Waals surface area contributed by atoms with Crippen LogP contribution in [0, 0.1) is 0 Å². The molecule has 0 aliphatic heterocycles. The molecule has 0 spiro atoms. The first kappa shape index (κ1) is 14.5. The summed E-state index contributed by atoms with van der Waals surface area (Å²) in [5.41, 5.74) is 7.30. The SMILES string of the molecule is COc1cc(CN)cc(Cl)c1OCc1cccc(O)c1. The zero-order valence-electron chi connectivity index (χ0n) is 11.1. The Morgan fingerprint density at radius 3 is 2.65 bits per heavy atom. The van der Waals surface area contributed by atoms with Gasteiger partial charge in [-0.15, -0.1) is 0 Å². The molecule has 5 heteroatoms. The van der Waals surface area contributed by atoms with Gasteiger partial charge in [-0.05, 0) is 35.4 Å². The van der Waals surface area contributed by atoms with Gasteiger partial charge in [-0.25, -0.2) is 0 Å². The van der Waals surface area contributed by atoms with Crippen molar-refractivity contribution < 1.29 is 14.6 Å². The molecule has 0 bridgehead atoms. The van der Waals surface area contributed by atoms with Gasteiger partial charge in [0.05, 0.1) is 12.1 Å². The lowest BCUT2D eigenvalue weighted by Crippen LogP contribution is -2.01. The van der Waals surface area contributed by atoms with E-state index in [4.69, 9.17) is 26.8 Å². The first-order valence-corrected chi connectivity index (χ1v) is 6.49. The maximum Gasteiger partial charge on any atom is 0.180 e. The molecular weight excluding hydrogens is 278 g/mol. The molecule has 0 aliphatic carbocycles. The van der Waals surface area contributed by atoms with E-state index in [0.717, 1.165) is 11.1 Å². The van der Waals surface area contributed by atoms with Gasteiger partial charge in [0.15, 0.2) is 11.5 Å². The molecule has 2 rings (SSSR count). The summed E-state index contributed by atoms with van der Waals surface area (Å²) >= 11 is 6.18. The van der Waals surface area contributed by atoms with Crippen molar-refractivity contribution in [2.45, 2.75) is 13.2 Å². The Labute approximate surface area is 122 Å². The molecule has 0 unspecified atom stereocenters. The standard InChI is InChI=1S/C15H16ClNO3/c1-19-14-7-11(8-17)6-13(16)15(14)20-9-10-3-2-4-12(18)5-10/h2-7,18H,8-9,17H2,1H3. The van der Waals surface area contributed by atoms with Gasteiger partial charge in [-0.2, -0.15) is 0 Å². The van der Waals surface area contributed by atoms with Gasteiger partial charge in [0, 0.05) is 6.54 Å². The smallest absolute Gasteiger partial charge is 0.180 e. The Kier molecular flexibility index (Phi) is 4.71. The number of methoxy groups -OCH3 is 1. The molecule has 0 saturated heterocycles. The van der Waals surface area contributed by atoms with Crippen LogP contribution in [-0.4, -0.2) is 12.2 Å². The average molecular weight is 294 g/mol. The maximum absolute atomic E-state index is 9.41. The minimum Gasteiger partial charge on any atom is -0.508 e. The van der Waals surface area contributed by atoms with E-state index >= 15 is 0 Å². The number of rotatable bonds is 5. The van der Waals surface area contributed by atoms with Crippen LogP contribution in [-0.2, 0) is 13.2 Å².